The van der Waals surface area contributed by atoms with Crippen molar-refractivity contribution in [2.45, 2.75) is 26.7 Å². The van der Waals surface area contributed by atoms with E-state index in [0.29, 0.717) is 18.2 Å². The van der Waals surface area contributed by atoms with Gasteiger partial charge in [0.05, 0.1) is 6.26 Å². The van der Waals surface area contributed by atoms with Crippen molar-refractivity contribution in [1.29, 1.82) is 0 Å². The number of carbonyl (C=O) groups is 1. The first-order valence-electron chi connectivity index (χ1n) is 8.12. The van der Waals surface area contributed by atoms with E-state index in [2.05, 4.69) is 5.32 Å². The number of hydrogen-bond acceptors (Lipinski definition) is 4. The van der Waals surface area contributed by atoms with Crippen LogP contribution in [0, 0.1) is 5.92 Å². The predicted octanol–water partition coefficient (Wildman–Crippen LogP) is 2.39. The summed E-state index contributed by atoms with van der Waals surface area (Å²) in [4.78, 5) is 14.0. The molecule has 1 N–H and O–H groups in total. The van der Waals surface area contributed by atoms with Crippen molar-refractivity contribution >= 4 is 27.3 Å². The highest BCUT2D eigenvalue weighted by Crippen LogP contribution is 2.16. The van der Waals surface area contributed by atoms with Crippen molar-refractivity contribution in [2.75, 3.05) is 43.7 Å². The second-order valence-corrected chi connectivity index (χ2v) is 8.57. The van der Waals surface area contributed by atoms with Crippen LogP contribution in [0.4, 0.5) is 11.4 Å². The van der Waals surface area contributed by atoms with Crippen LogP contribution < -0.4 is 10.2 Å². The van der Waals surface area contributed by atoms with Crippen LogP contribution in [-0.4, -0.2) is 52.1 Å². The maximum absolute atomic E-state index is 12.1. The molecular weight excluding hydrogens is 326 g/mol. The van der Waals surface area contributed by atoms with Gasteiger partial charge in [0.25, 0.3) is 0 Å². The largest absolute Gasteiger partial charge is 0.378 e. The van der Waals surface area contributed by atoms with E-state index in [4.69, 9.17) is 0 Å². The zero-order valence-corrected chi connectivity index (χ0v) is 16.1. The molecule has 0 heterocycles. The lowest BCUT2D eigenvalue weighted by atomic mass is 10.1. The third-order valence-electron chi connectivity index (χ3n) is 3.68. The molecule has 0 saturated carbocycles. The van der Waals surface area contributed by atoms with Gasteiger partial charge in [-0.25, -0.2) is 12.7 Å². The molecule has 7 heteroatoms. The fourth-order valence-corrected chi connectivity index (χ4v) is 3.00. The molecule has 1 rings (SSSR count). The van der Waals surface area contributed by atoms with Gasteiger partial charge in [0.2, 0.25) is 15.9 Å². The third-order valence-corrected chi connectivity index (χ3v) is 4.98. The molecule has 0 saturated heterocycles. The molecule has 0 aliphatic rings. The van der Waals surface area contributed by atoms with E-state index in [0.717, 1.165) is 12.1 Å². The third kappa shape index (κ3) is 7.31. The summed E-state index contributed by atoms with van der Waals surface area (Å²) in [5.74, 6) is 0.226. The topological polar surface area (TPSA) is 69.7 Å². The van der Waals surface area contributed by atoms with Crippen molar-refractivity contribution < 1.29 is 13.2 Å². The second-order valence-electron chi connectivity index (χ2n) is 6.58. The number of anilines is 2. The first kappa shape index (κ1) is 20.4. The van der Waals surface area contributed by atoms with Crippen molar-refractivity contribution in [1.82, 2.24) is 4.31 Å². The van der Waals surface area contributed by atoms with Gasteiger partial charge in [-0.2, -0.15) is 0 Å². The van der Waals surface area contributed by atoms with Gasteiger partial charge < -0.3 is 10.2 Å². The average Bonchev–Trinajstić information content (AvgIpc) is 2.45. The Morgan fingerprint density at radius 3 is 2.17 bits per heavy atom. The normalized spacial score (nSPS) is 11.8. The van der Waals surface area contributed by atoms with E-state index in [-0.39, 0.29) is 18.9 Å². The van der Waals surface area contributed by atoms with Crippen molar-refractivity contribution in [3.63, 3.8) is 0 Å². The van der Waals surface area contributed by atoms with Crippen molar-refractivity contribution in [3.8, 4) is 0 Å². The Kier molecular flexibility index (Phi) is 7.69. The molecule has 0 aliphatic heterocycles. The van der Waals surface area contributed by atoms with E-state index in [9.17, 15) is 13.2 Å². The minimum Gasteiger partial charge on any atom is -0.378 e. The van der Waals surface area contributed by atoms with Gasteiger partial charge in [-0.15, -0.1) is 0 Å². The molecule has 1 aromatic rings. The summed E-state index contributed by atoms with van der Waals surface area (Å²) in [6, 6.07) is 7.50. The van der Waals surface area contributed by atoms with Crippen LogP contribution in [-0.2, 0) is 14.8 Å². The molecule has 0 aliphatic carbocycles. The molecular formula is C17H29N3O3S. The van der Waals surface area contributed by atoms with Gasteiger partial charge in [-0.3, -0.25) is 4.79 Å². The summed E-state index contributed by atoms with van der Waals surface area (Å²) >= 11 is 0. The van der Waals surface area contributed by atoms with Gasteiger partial charge in [-0.1, -0.05) is 13.8 Å². The summed E-state index contributed by atoms with van der Waals surface area (Å²) < 4.78 is 25.0. The van der Waals surface area contributed by atoms with E-state index < -0.39 is 10.0 Å². The minimum atomic E-state index is -3.30. The van der Waals surface area contributed by atoms with Gasteiger partial charge in [0.15, 0.2) is 0 Å². The number of nitrogens with one attached hydrogen (secondary N) is 1. The number of amides is 1. The van der Waals surface area contributed by atoms with E-state index in [1.165, 1.54) is 10.6 Å². The lowest BCUT2D eigenvalue weighted by molar-refractivity contribution is -0.116. The van der Waals surface area contributed by atoms with Gasteiger partial charge in [-0.05, 0) is 36.6 Å². The fourth-order valence-electron chi connectivity index (χ4n) is 2.14. The Morgan fingerprint density at radius 2 is 1.71 bits per heavy atom. The van der Waals surface area contributed by atoms with E-state index in [1.54, 1.807) is 0 Å². The lowest BCUT2D eigenvalue weighted by Crippen LogP contribution is -2.34. The number of rotatable bonds is 9. The number of benzene rings is 1. The van der Waals surface area contributed by atoms with Crippen LogP contribution in [0.25, 0.3) is 0 Å². The van der Waals surface area contributed by atoms with Gasteiger partial charge in [0.1, 0.15) is 0 Å². The maximum atomic E-state index is 12.1. The first-order valence-corrected chi connectivity index (χ1v) is 9.96. The van der Waals surface area contributed by atoms with Crippen LogP contribution in [0.2, 0.25) is 0 Å². The maximum Gasteiger partial charge on any atom is 0.225 e. The molecule has 0 atom stereocenters. The second kappa shape index (κ2) is 9.03. The quantitative estimate of drug-likeness (QED) is 0.738. The molecule has 1 amide bonds. The minimum absolute atomic E-state index is 0.139. The Bertz CT molecular complexity index is 625. The number of hydrogen-bond donors (Lipinski definition) is 1. The van der Waals surface area contributed by atoms with Crippen LogP contribution in [0.1, 0.15) is 26.7 Å². The van der Waals surface area contributed by atoms with Gasteiger partial charge in [0, 0.05) is 45.0 Å². The highest BCUT2D eigenvalue weighted by atomic mass is 32.2. The highest BCUT2D eigenvalue weighted by molar-refractivity contribution is 7.88. The van der Waals surface area contributed by atoms with Crippen molar-refractivity contribution in [2.24, 2.45) is 5.92 Å². The monoisotopic (exact) mass is 355 g/mol. The average molecular weight is 356 g/mol. The van der Waals surface area contributed by atoms with E-state index >= 15 is 0 Å². The van der Waals surface area contributed by atoms with Crippen LogP contribution >= 0.6 is 0 Å². The molecule has 0 spiro atoms. The number of sulfonamides is 1. The SMILES string of the molecule is CC(C)CCN(CCC(=O)Nc1ccc(N(C)C)cc1)S(C)(=O)=O. The first-order chi connectivity index (χ1) is 11.1. The molecule has 24 heavy (non-hydrogen) atoms. The Labute approximate surface area is 145 Å². The number of nitrogens with zero attached hydrogens (tertiary/aromatic N) is 2. The zero-order valence-electron chi connectivity index (χ0n) is 15.2. The Hall–Kier alpha value is -1.60. The predicted molar refractivity (Wildman–Crippen MR) is 99.9 cm³/mol. The van der Waals surface area contributed by atoms with Crippen molar-refractivity contribution in [3.05, 3.63) is 24.3 Å². The Balaban J connectivity index is 2.56. The summed E-state index contributed by atoms with van der Waals surface area (Å²) in [6.45, 7) is 4.74. The molecule has 136 valence electrons. The van der Waals surface area contributed by atoms with Crippen LogP contribution in [0.5, 0.6) is 0 Å². The molecule has 0 unspecified atom stereocenters. The zero-order chi connectivity index (χ0) is 18.3. The lowest BCUT2D eigenvalue weighted by Gasteiger charge is -2.20. The Morgan fingerprint density at radius 1 is 1.12 bits per heavy atom. The molecule has 0 radical (unpaired) electrons. The molecule has 1 aromatic carbocycles. The molecule has 6 nitrogen and oxygen atoms in total. The van der Waals surface area contributed by atoms with E-state index in [1.807, 2.05) is 57.1 Å². The summed E-state index contributed by atoms with van der Waals surface area (Å²) in [5.41, 5.74) is 1.75. The smallest absolute Gasteiger partial charge is 0.225 e. The number of carbonyl (C=O) groups excluding carboxylic acids is 1. The van der Waals surface area contributed by atoms with Gasteiger partial charge >= 0.3 is 0 Å². The summed E-state index contributed by atoms with van der Waals surface area (Å²) in [7, 11) is 0.601. The standard InChI is InChI=1S/C17H29N3O3S/c1-14(2)10-12-20(24(5,22)23)13-11-17(21)18-15-6-8-16(9-7-15)19(3)4/h6-9,14H,10-13H2,1-5H3,(H,18,21). The molecule has 0 aromatic heterocycles. The highest BCUT2D eigenvalue weighted by Gasteiger charge is 2.18. The van der Waals surface area contributed by atoms with Crippen LogP contribution in [0.3, 0.4) is 0 Å². The van der Waals surface area contributed by atoms with Crippen LogP contribution in [0.15, 0.2) is 24.3 Å². The summed E-state index contributed by atoms with van der Waals surface area (Å²) in [6.07, 6.45) is 2.10. The molecule has 0 fully saturated rings. The molecule has 0 bridgehead atoms. The summed E-state index contributed by atoms with van der Waals surface area (Å²) in [5, 5.41) is 2.80. The fraction of sp³-hybridized carbons (Fsp3) is 0.588.